The minimum atomic E-state index is -3.43. The van der Waals surface area contributed by atoms with Crippen molar-refractivity contribution in [1.29, 1.82) is 0 Å². The van der Waals surface area contributed by atoms with Crippen molar-refractivity contribution in [3.63, 3.8) is 0 Å². The van der Waals surface area contributed by atoms with Crippen molar-refractivity contribution in [2.24, 2.45) is 0 Å². The van der Waals surface area contributed by atoms with E-state index < -0.39 is 10.0 Å². The summed E-state index contributed by atoms with van der Waals surface area (Å²) in [6.07, 6.45) is 5.57. The lowest BCUT2D eigenvalue weighted by Gasteiger charge is -2.26. The molecule has 3 rings (SSSR count). The Balaban J connectivity index is 1.59. The van der Waals surface area contributed by atoms with Gasteiger partial charge in [-0.25, -0.2) is 8.42 Å². The fourth-order valence-corrected chi connectivity index (χ4v) is 5.09. The van der Waals surface area contributed by atoms with Crippen molar-refractivity contribution in [1.82, 2.24) is 14.9 Å². The minimum absolute atomic E-state index is 0.00342. The molecule has 2 saturated heterocycles. The maximum atomic E-state index is 12.7. The Morgan fingerprint density at radius 3 is 2.72 bits per heavy atom. The number of carbonyl (C=O) groups excluding carboxylic acids is 1. The molecule has 0 aromatic heterocycles. The van der Waals surface area contributed by atoms with E-state index in [0.29, 0.717) is 31.0 Å². The van der Waals surface area contributed by atoms with E-state index in [0.717, 1.165) is 44.2 Å². The van der Waals surface area contributed by atoms with Gasteiger partial charge in [0.15, 0.2) is 0 Å². The first-order valence-electron chi connectivity index (χ1n) is 9.15. The highest BCUT2D eigenvalue weighted by Crippen LogP contribution is 2.21. The fraction of sp³-hybridized carbons (Fsp3) is 0.611. The van der Waals surface area contributed by atoms with Crippen LogP contribution in [0.25, 0.3) is 0 Å². The summed E-state index contributed by atoms with van der Waals surface area (Å²) in [5.74, 6) is 0.00342. The molecule has 1 unspecified atom stereocenters. The molecule has 1 aromatic carbocycles. The van der Waals surface area contributed by atoms with Gasteiger partial charge in [-0.2, -0.15) is 4.31 Å². The van der Waals surface area contributed by atoms with E-state index in [9.17, 15) is 13.2 Å². The lowest BCUT2D eigenvalue weighted by molar-refractivity contribution is -0.121. The predicted molar refractivity (Wildman–Crippen MR) is 96.5 cm³/mol. The molecular formula is C18H27N3O3S. The van der Waals surface area contributed by atoms with Crippen LogP contribution in [0.4, 0.5) is 0 Å². The zero-order valence-corrected chi connectivity index (χ0v) is 15.4. The van der Waals surface area contributed by atoms with Gasteiger partial charge in [-0.05, 0) is 49.9 Å². The number of nitrogens with zero attached hydrogens (tertiary/aromatic N) is 1. The van der Waals surface area contributed by atoms with Crippen molar-refractivity contribution in [3.05, 3.63) is 29.8 Å². The molecular weight excluding hydrogens is 338 g/mol. The molecule has 0 radical (unpaired) electrons. The monoisotopic (exact) mass is 365 g/mol. The van der Waals surface area contributed by atoms with Crippen LogP contribution in [0.5, 0.6) is 0 Å². The Bertz CT molecular complexity index is 693. The van der Waals surface area contributed by atoms with Crippen molar-refractivity contribution < 1.29 is 13.2 Å². The molecule has 138 valence electrons. The maximum Gasteiger partial charge on any atom is 0.243 e. The first-order chi connectivity index (χ1) is 12.1. The van der Waals surface area contributed by atoms with E-state index in [1.54, 1.807) is 22.5 Å². The number of nitrogens with one attached hydrogen (secondary N) is 2. The smallest absolute Gasteiger partial charge is 0.243 e. The summed E-state index contributed by atoms with van der Waals surface area (Å²) in [5, 5.41) is 6.20. The highest BCUT2D eigenvalue weighted by atomic mass is 32.2. The maximum absolute atomic E-state index is 12.7. The molecule has 2 aliphatic rings. The SMILES string of the molecule is O=C(CC1CCCN1)NCc1cccc(S(=O)(=O)N2CCCCC2)c1. The van der Waals surface area contributed by atoms with Gasteiger partial charge in [-0.15, -0.1) is 0 Å². The average Bonchev–Trinajstić information content (AvgIpc) is 3.14. The Hall–Kier alpha value is -1.44. The van der Waals surface area contributed by atoms with Gasteiger partial charge in [0, 0.05) is 32.1 Å². The summed E-state index contributed by atoms with van der Waals surface area (Å²) in [7, 11) is -3.43. The molecule has 25 heavy (non-hydrogen) atoms. The van der Waals surface area contributed by atoms with Crippen LogP contribution < -0.4 is 10.6 Å². The molecule has 0 aliphatic carbocycles. The predicted octanol–water partition coefficient (Wildman–Crippen LogP) is 1.62. The van der Waals surface area contributed by atoms with E-state index >= 15 is 0 Å². The summed E-state index contributed by atoms with van der Waals surface area (Å²) in [5.41, 5.74) is 0.811. The standard InChI is InChI=1S/C18H27N3O3S/c22-18(13-16-7-5-9-19-16)20-14-15-6-4-8-17(12-15)25(23,24)21-10-2-1-3-11-21/h4,6,8,12,16,19H,1-3,5,7,9-11,13-14H2,(H,20,22). The molecule has 2 fully saturated rings. The van der Waals surface area contributed by atoms with Crippen LogP contribution >= 0.6 is 0 Å². The molecule has 2 heterocycles. The first-order valence-corrected chi connectivity index (χ1v) is 10.6. The van der Waals surface area contributed by atoms with Crippen LogP contribution in [-0.2, 0) is 21.4 Å². The molecule has 0 bridgehead atoms. The van der Waals surface area contributed by atoms with Crippen LogP contribution in [0.3, 0.4) is 0 Å². The van der Waals surface area contributed by atoms with E-state index in [4.69, 9.17) is 0 Å². The lowest BCUT2D eigenvalue weighted by atomic mass is 10.1. The zero-order valence-electron chi connectivity index (χ0n) is 14.5. The molecule has 1 atom stereocenters. The summed E-state index contributed by atoms with van der Waals surface area (Å²) >= 11 is 0. The molecule has 2 aliphatic heterocycles. The summed E-state index contributed by atoms with van der Waals surface area (Å²) < 4.78 is 27.0. The number of piperidine rings is 1. The van der Waals surface area contributed by atoms with Crippen molar-refractivity contribution in [3.8, 4) is 0 Å². The average molecular weight is 365 g/mol. The van der Waals surface area contributed by atoms with E-state index in [1.807, 2.05) is 6.07 Å². The number of amides is 1. The number of benzene rings is 1. The van der Waals surface area contributed by atoms with E-state index in [2.05, 4.69) is 10.6 Å². The normalized spacial score (nSPS) is 22.0. The zero-order chi connectivity index (χ0) is 17.7. The van der Waals surface area contributed by atoms with Crippen molar-refractivity contribution >= 4 is 15.9 Å². The third-order valence-electron chi connectivity index (χ3n) is 4.94. The summed E-state index contributed by atoms with van der Waals surface area (Å²) in [6, 6.07) is 7.18. The number of sulfonamides is 1. The molecule has 0 saturated carbocycles. The first kappa shape index (κ1) is 18.4. The number of carbonyl (C=O) groups is 1. The van der Waals surface area contributed by atoms with E-state index in [1.165, 1.54) is 0 Å². The number of hydrogen-bond donors (Lipinski definition) is 2. The second-order valence-corrected chi connectivity index (χ2v) is 8.82. The van der Waals surface area contributed by atoms with Gasteiger partial charge in [0.2, 0.25) is 15.9 Å². The van der Waals surface area contributed by atoms with Gasteiger partial charge in [-0.3, -0.25) is 4.79 Å². The Labute approximate surface area is 150 Å². The van der Waals surface area contributed by atoms with Crippen LogP contribution in [0.15, 0.2) is 29.2 Å². The van der Waals surface area contributed by atoms with Gasteiger partial charge < -0.3 is 10.6 Å². The minimum Gasteiger partial charge on any atom is -0.352 e. The van der Waals surface area contributed by atoms with Crippen LogP contribution in [0.2, 0.25) is 0 Å². The van der Waals surface area contributed by atoms with Gasteiger partial charge >= 0.3 is 0 Å². The third-order valence-corrected chi connectivity index (χ3v) is 6.83. The van der Waals surface area contributed by atoms with Gasteiger partial charge in [0.25, 0.3) is 0 Å². The third kappa shape index (κ3) is 4.80. The lowest BCUT2D eigenvalue weighted by Crippen LogP contribution is -2.35. The second-order valence-electron chi connectivity index (χ2n) is 6.89. The Morgan fingerprint density at radius 1 is 1.20 bits per heavy atom. The van der Waals surface area contributed by atoms with Gasteiger partial charge in [0.1, 0.15) is 0 Å². The van der Waals surface area contributed by atoms with E-state index in [-0.39, 0.29) is 11.9 Å². The largest absolute Gasteiger partial charge is 0.352 e. The Kier molecular flexibility index (Phi) is 6.09. The van der Waals surface area contributed by atoms with Crippen molar-refractivity contribution in [2.45, 2.75) is 56.0 Å². The molecule has 2 N–H and O–H groups in total. The highest BCUT2D eigenvalue weighted by molar-refractivity contribution is 7.89. The molecule has 0 spiro atoms. The van der Waals surface area contributed by atoms with Crippen LogP contribution in [0, 0.1) is 0 Å². The van der Waals surface area contributed by atoms with Gasteiger partial charge in [-0.1, -0.05) is 18.6 Å². The summed E-state index contributed by atoms with van der Waals surface area (Å²) in [6.45, 7) is 2.53. The molecule has 6 nitrogen and oxygen atoms in total. The fourth-order valence-electron chi connectivity index (χ4n) is 3.50. The molecule has 1 amide bonds. The Morgan fingerprint density at radius 2 is 2.00 bits per heavy atom. The summed E-state index contributed by atoms with van der Waals surface area (Å²) in [4.78, 5) is 12.3. The molecule has 7 heteroatoms. The van der Waals surface area contributed by atoms with Crippen LogP contribution in [0.1, 0.15) is 44.1 Å². The molecule has 1 aromatic rings. The second kappa shape index (κ2) is 8.29. The van der Waals surface area contributed by atoms with Crippen molar-refractivity contribution in [2.75, 3.05) is 19.6 Å². The topological polar surface area (TPSA) is 78.5 Å². The van der Waals surface area contributed by atoms with Crippen LogP contribution in [-0.4, -0.2) is 44.3 Å². The highest BCUT2D eigenvalue weighted by Gasteiger charge is 2.26. The quantitative estimate of drug-likeness (QED) is 0.803. The number of rotatable bonds is 6. The number of hydrogen-bond acceptors (Lipinski definition) is 4. The van der Waals surface area contributed by atoms with Gasteiger partial charge in [0.05, 0.1) is 4.90 Å².